The van der Waals surface area contributed by atoms with Gasteiger partial charge in [-0.1, -0.05) is 25.5 Å². The fraction of sp³-hybridized carbons (Fsp3) is 0.476. The second-order valence-electron chi connectivity index (χ2n) is 6.99. The van der Waals surface area contributed by atoms with E-state index >= 15 is 0 Å². The van der Waals surface area contributed by atoms with Crippen LogP contribution in [0, 0.1) is 0 Å². The van der Waals surface area contributed by atoms with Crippen LogP contribution in [0.4, 0.5) is 11.5 Å². The number of carbonyl (C=O) groups excluding carboxylic acids is 1. The first kappa shape index (κ1) is 19.9. The van der Waals surface area contributed by atoms with Gasteiger partial charge in [0.05, 0.1) is 25.2 Å². The standard InChI is InChI=1S/C21H29N5O2/c1-4-5-10-24(2)20-16-22-17(15-23-20)21(27)26-13-11-25(12-14-26)18-8-6-7-9-19(18)28-3/h6-9,15-16H,4-5,10-14H2,1-3H3. The molecule has 1 aliphatic rings. The average Bonchev–Trinajstić information content (AvgIpc) is 2.77. The average molecular weight is 383 g/mol. The van der Waals surface area contributed by atoms with E-state index in [9.17, 15) is 4.79 Å². The third kappa shape index (κ3) is 4.52. The summed E-state index contributed by atoms with van der Waals surface area (Å²) in [6.07, 6.45) is 5.52. The second kappa shape index (κ2) is 9.39. The normalized spacial score (nSPS) is 14.1. The summed E-state index contributed by atoms with van der Waals surface area (Å²) >= 11 is 0. The number of ether oxygens (including phenoxy) is 1. The topological polar surface area (TPSA) is 61.8 Å². The third-order valence-electron chi connectivity index (χ3n) is 5.09. The first-order valence-corrected chi connectivity index (χ1v) is 9.84. The maximum atomic E-state index is 12.8. The van der Waals surface area contributed by atoms with Gasteiger partial charge in [-0.2, -0.15) is 0 Å². The summed E-state index contributed by atoms with van der Waals surface area (Å²) in [7, 11) is 3.68. The minimum atomic E-state index is -0.0602. The van der Waals surface area contributed by atoms with E-state index in [0.717, 1.165) is 49.7 Å². The number of para-hydroxylation sites is 2. The molecule has 0 N–H and O–H groups in total. The van der Waals surface area contributed by atoms with Crippen molar-refractivity contribution >= 4 is 17.4 Å². The van der Waals surface area contributed by atoms with Gasteiger partial charge < -0.3 is 19.4 Å². The number of piperazine rings is 1. The Morgan fingerprint density at radius 2 is 1.89 bits per heavy atom. The molecule has 1 saturated heterocycles. The van der Waals surface area contributed by atoms with Gasteiger partial charge in [0.2, 0.25) is 0 Å². The monoisotopic (exact) mass is 383 g/mol. The van der Waals surface area contributed by atoms with Crippen LogP contribution in [-0.4, -0.2) is 67.7 Å². The molecule has 0 atom stereocenters. The van der Waals surface area contributed by atoms with Gasteiger partial charge in [0.25, 0.3) is 5.91 Å². The van der Waals surface area contributed by atoms with Gasteiger partial charge in [0, 0.05) is 39.8 Å². The summed E-state index contributed by atoms with van der Waals surface area (Å²) in [5.41, 5.74) is 1.47. The van der Waals surface area contributed by atoms with E-state index in [0.29, 0.717) is 18.8 Å². The molecule has 1 aromatic carbocycles. The van der Waals surface area contributed by atoms with Crippen LogP contribution in [0.5, 0.6) is 5.75 Å². The number of carbonyl (C=O) groups is 1. The van der Waals surface area contributed by atoms with Gasteiger partial charge in [-0.15, -0.1) is 0 Å². The van der Waals surface area contributed by atoms with Crippen LogP contribution in [0.3, 0.4) is 0 Å². The molecule has 1 amide bonds. The molecular formula is C21H29N5O2. The molecule has 7 heteroatoms. The number of anilines is 2. The van der Waals surface area contributed by atoms with Crippen molar-refractivity contribution in [2.45, 2.75) is 19.8 Å². The zero-order valence-electron chi connectivity index (χ0n) is 17.0. The molecule has 0 spiro atoms. The quantitative estimate of drug-likeness (QED) is 0.733. The Kier molecular flexibility index (Phi) is 6.68. The molecule has 0 saturated carbocycles. The van der Waals surface area contributed by atoms with Gasteiger partial charge in [0.1, 0.15) is 17.3 Å². The summed E-state index contributed by atoms with van der Waals surface area (Å²) in [5, 5.41) is 0. The van der Waals surface area contributed by atoms with Crippen LogP contribution in [0.25, 0.3) is 0 Å². The maximum Gasteiger partial charge on any atom is 0.274 e. The molecule has 0 radical (unpaired) electrons. The van der Waals surface area contributed by atoms with E-state index in [1.165, 1.54) is 0 Å². The van der Waals surface area contributed by atoms with Crippen LogP contribution in [0.1, 0.15) is 30.3 Å². The Balaban J connectivity index is 1.59. The molecule has 3 rings (SSSR count). The van der Waals surface area contributed by atoms with E-state index in [1.807, 2.05) is 30.1 Å². The van der Waals surface area contributed by atoms with Gasteiger partial charge in [-0.25, -0.2) is 9.97 Å². The van der Waals surface area contributed by atoms with Crippen molar-refractivity contribution < 1.29 is 9.53 Å². The molecule has 1 fully saturated rings. The van der Waals surface area contributed by atoms with Crippen molar-refractivity contribution in [1.29, 1.82) is 0 Å². The van der Waals surface area contributed by atoms with Crippen molar-refractivity contribution in [2.24, 2.45) is 0 Å². The Bertz CT molecular complexity index is 773. The van der Waals surface area contributed by atoms with Crippen molar-refractivity contribution in [3.63, 3.8) is 0 Å². The zero-order chi connectivity index (χ0) is 19.9. The van der Waals surface area contributed by atoms with E-state index in [2.05, 4.69) is 32.8 Å². The fourth-order valence-corrected chi connectivity index (χ4v) is 3.34. The van der Waals surface area contributed by atoms with Crippen molar-refractivity contribution in [3.8, 4) is 5.75 Å². The molecule has 2 heterocycles. The Morgan fingerprint density at radius 3 is 2.54 bits per heavy atom. The van der Waals surface area contributed by atoms with Gasteiger partial charge >= 0.3 is 0 Å². The molecule has 1 aliphatic heterocycles. The Morgan fingerprint density at radius 1 is 1.14 bits per heavy atom. The first-order chi connectivity index (χ1) is 13.6. The lowest BCUT2D eigenvalue weighted by Crippen LogP contribution is -2.49. The molecule has 0 aliphatic carbocycles. The highest BCUT2D eigenvalue weighted by Crippen LogP contribution is 2.28. The molecule has 0 unspecified atom stereocenters. The number of hydrogen-bond donors (Lipinski definition) is 0. The number of aromatic nitrogens is 2. The maximum absolute atomic E-state index is 12.8. The second-order valence-corrected chi connectivity index (χ2v) is 6.99. The van der Waals surface area contributed by atoms with Crippen LogP contribution in [-0.2, 0) is 0 Å². The zero-order valence-corrected chi connectivity index (χ0v) is 17.0. The van der Waals surface area contributed by atoms with E-state index < -0.39 is 0 Å². The minimum absolute atomic E-state index is 0.0602. The smallest absolute Gasteiger partial charge is 0.274 e. The van der Waals surface area contributed by atoms with Crippen molar-refractivity contribution in [1.82, 2.24) is 14.9 Å². The van der Waals surface area contributed by atoms with Crippen LogP contribution in [0.2, 0.25) is 0 Å². The first-order valence-electron chi connectivity index (χ1n) is 9.84. The highest BCUT2D eigenvalue weighted by Gasteiger charge is 2.24. The van der Waals surface area contributed by atoms with E-state index in [4.69, 9.17) is 4.74 Å². The van der Waals surface area contributed by atoms with E-state index in [1.54, 1.807) is 19.5 Å². The molecule has 28 heavy (non-hydrogen) atoms. The lowest BCUT2D eigenvalue weighted by atomic mass is 10.2. The lowest BCUT2D eigenvalue weighted by Gasteiger charge is -2.36. The summed E-state index contributed by atoms with van der Waals surface area (Å²) in [5.74, 6) is 1.59. The number of amides is 1. The predicted molar refractivity (Wildman–Crippen MR) is 111 cm³/mol. The molecular weight excluding hydrogens is 354 g/mol. The van der Waals surface area contributed by atoms with Crippen LogP contribution >= 0.6 is 0 Å². The number of rotatable bonds is 7. The van der Waals surface area contributed by atoms with Crippen molar-refractivity contribution in [2.75, 3.05) is 56.7 Å². The number of benzene rings is 1. The predicted octanol–water partition coefficient (Wildman–Crippen LogP) is 2.68. The number of methoxy groups -OCH3 is 1. The fourth-order valence-electron chi connectivity index (χ4n) is 3.34. The van der Waals surface area contributed by atoms with Gasteiger partial charge in [-0.05, 0) is 18.6 Å². The summed E-state index contributed by atoms with van der Waals surface area (Å²) in [4.78, 5) is 27.7. The molecule has 150 valence electrons. The number of nitrogens with zero attached hydrogens (tertiary/aromatic N) is 5. The van der Waals surface area contributed by atoms with Gasteiger partial charge in [-0.3, -0.25) is 4.79 Å². The highest BCUT2D eigenvalue weighted by molar-refractivity contribution is 5.92. The van der Waals surface area contributed by atoms with Crippen LogP contribution in [0.15, 0.2) is 36.7 Å². The van der Waals surface area contributed by atoms with Crippen LogP contribution < -0.4 is 14.5 Å². The summed E-state index contributed by atoms with van der Waals surface area (Å²) in [6.45, 7) is 5.92. The number of unbranched alkanes of at least 4 members (excludes halogenated alkanes) is 1. The largest absolute Gasteiger partial charge is 0.495 e. The van der Waals surface area contributed by atoms with Gasteiger partial charge in [0.15, 0.2) is 0 Å². The molecule has 1 aromatic heterocycles. The Hall–Kier alpha value is -2.83. The molecule has 7 nitrogen and oxygen atoms in total. The molecule has 2 aromatic rings. The molecule has 0 bridgehead atoms. The lowest BCUT2D eigenvalue weighted by molar-refractivity contribution is 0.0740. The summed E-state index contributed by atoms with van der Waals surface area (Å²) in [6, 6.07) is 7.98. The SMILES string of the molecule is CCCCN(C)c1cnc(C(=O)N2CCN(c3ccccc3OC)CC2)cn1. The summed E-state index contributed by atoms with van der Waals surface area (Å²) < 4.78 is 5.45. The number of hydrogen-bond acceptors (Lipinski definition) is 6. The van der Waals surface area contributed by atoms with E-state index in [-0.39, 0.29) is 5.91 Å². The third-order valence-corrected chi connectivity index (χ3v) is 5.09. The highest BCUT2D eigenvalue weighted by atomic mass is 16.5. The minimum Gasteiger partial charge on any atom is -0.495 e. The van der Waals surface area contributed by atoms with Crippen molar-refractivity contribution in [3.05, 3.63) is 42.4 Å². The Labute approximate surface area is 166 Å².